The largest absolute Gasteiger partial charge is 0.546 e. The van der Waals surface area contributed by atoms with E-state index in [1.165, 1.54) is 106 Å². The van der Waals surface area contributed by atoms with Crippen LogP contribution in [0.25, 0.3) is 0 Å². The molecule has 2 amide bonds. The van der Waals surface area contributed by atoms with Gasteiger partial charge in [0.1, 0.15) is 30.4 Å². The average molecular weight is 873 g/mol. The molecule has 11 heteroatoms. The highest BCUT2D eigenvalue weighted by atomic mass is 33.1. The van der Waals surface area contributed by atoms with E-state index in [1.54, 1.807) is 40.1 Å². The van der Waals surface area contributed by atoms with Gasteiger partial charge in [-0.05, 0) is 100 Å². The monoisotopic (exact) mass is 873 g/mol. The highest BCUT2D eigenvalue weighted by molar-refractivity contribution is 8.76. The smallest absolute Gasteiger partial charge is 0.493 e. The van der Waals surface area contributed by atoms with Crippen molar-refractivity contribution in [1.82, 2.24) is 0 Å². The molecule has 3 aliphatic rings. The van der Waals surface area contributed by atoms with Crippen LogP contribution in [0.2, 0.25) is 0 Å². The van der Waals surface area contributed by atoms with E-state index < -0.39 is 18.2 Å². The zero-order chi connectivity index (χ0) is 43.3. The molecule has 2 N–H and O–H groups in total. The molecular formula is C49H82N3O6S2+. The fourth-order valence-electron chi connectivity index (χ4n) is 8.66. The Kier molecular flexibility index (Phi) is 23.7. The molecule has 0 spiro atoms. The molecule has 4 unspecified atom stereocenters. The van der Waals surface area contributed by atoms with Gasteiger partial charge in [-0.2, -0.15) is 9.37 Å². The van der Waals surface area contributed by atoms with Crippen LogP contribution in [-0.4, -0.2) is 91.1 Å². The number of hydrogen-bond acceptors (Lipinski definition) is 9. The highest BCUT2D eigenvalue weighted by Crippen LogP contribution is 2.32. The van der Waals surface area contributed by atoms with Crippen LogP contribution in [0.15, 0.2) is 35.5 Å². The molecule has 2 heterocycles. The molecule has 2 aliphatic heterocycles. The fraction of sp³-hybridized carbons (Fsp3) is 0.776. The van der Waals surface area contributed by atoms with Crippen molar-refractivity contribution in [2.24, 2.45) is 40.3 Å². The third kappa shape index (κ3) is 19.2. The first-order chi connectivity index (χ1) is 28.9. The normalized spacial score (nSPS) is 24.1. The summed E-state index contributed by atoms with van der Waals surface area (Å²) in [6.07, 6.45) is 22.6. The molecular weight excluding hydrogens is 791 g/mol. The van der Waals surface area contributed by atoms with Gasteiger partial charge >= 0.3 is 6.03 Å². The third-order valence-electron chi connectivity index (χ3n) is 12.1. The van der Waals surface area contributed by atoms with E-state index >= 15 is 0 Å². The number of nitrogens with zero attached hydrogens (tertiary/aromatic N) is 2. The van der Waals surface area contributed by atoms with Crippen molar-refractivity contribution in [3.8, 4) is 5.75 Å². The van der Waals surface area contributed by atoms with Crippen molar-refractivity contribution in [3.05, 3.63) is 41.6 Å². The number of carbonyl (C=O) groups excluding carboxylic acids is 1. The van der Waals surface area contributed by atoms with Gasteiger partial charge < -0.3 is 29.4 Å². The maximum absolute atomic E-state index is 12.6. The van der Waals surface area contributed by atoms with E-state index in [2.05, 4.69) is 50.9 Å². The van der Waals surface area contributed by atoms with Crippen molar-refractivity contribution >= 4 is 39.7 Å². The predicted octanol–water partition coefficient (Wildman–Crippen LogP) is 11.5. The van der Waals surface area contributed by atoms with E-state index in [4.69, 9.17) is 29.4 Å². The van der Waals surface area contributed by atoms with Crippen LogP contribution in [-0.2, 0) is 31.8 Å². The van der Waals surface area contributed by atoms with Gasteiger partial charge in [-0.1, -0.05) is 120 Å². The summed E-state index contributed by atoms with van der Waals surface area (Å²) in [4.78, 5) is 16.5. The van der Waals surface area contributed by atoms with Gasteiger partial charge in [0.05, 0.1) is 44.7 Å². The van der Waals surface area contributed by atoms with Gasteiger partial charge in [-0.25, -0.2) is 0 Å². The Labute approximate surface area is 372 Å². The number of ether oxygens (including phenoxy) is 5. The van der Waals surface area contributed by atoms with Crippen LogP contribution in [0, 0.1) is 29.6 Å². The summed E-state index contributed by atoms with van der Waals surface area (Å²) in [6.45, 7) is 19.8. The quantitative estimate of drug-likeness (QED) is 0.0525. The van der Waals surface area contributed by atoms with Crippen LogP contribution in [0.1, 0.15) is 144 Å². The van der Waals surface area contributed by atoms with Crippen molar-refractivity contribution in [3.63, 3.8) is 0 Å². The Bertz CT molecular complexity index is 1480. The van der Waals surface area contributed by atoms with Crippen molar-refractivity contribution in [1.29, 1.82) is 0 Å². The zero-order valence-electron chi connectivity index (χ0n) is 38.6. The molecule has 1 aliphatic carbocycles. The van der Waals surface area contributed by atoms with Crippen LogP contribution in [0.3, 0.4) is 0 Å². The van der Waals surface area contributed by atoms with Crippen LogP contribution < -0.4 is 10.5 Å². The highest BCUT2D eigenvalue weighted by Gasteiger charge is 2.43. The summed E-state index contributed by atoms with van der Waals surface area (Å²) in [6, 6.07) is 6.34. The predicted molar refractivity (Wildman–Crippen MR) is 253 cm³/mol. The molecule has 340 valence electrons. The molecule has 4 rings (SSSR count). The minimum atomic E-state index is -0.513. The SMILES string of the molecule is CC(C)CCCC(C)CCCC(C)CCCC1CCCc2ccc(OCCSSCCO[C@H]3C(/C=[N+]4\C=CC(N)=NC4=O)OC[C@H](COC(C)C)[C@H]3OC(C)C)cc2CC1. The number of aryl methyl sites for hydroxylation is 2. The summed E-state index contributed by atoms with van der Waals surface area (Å²) in [5, 5.41) is 0. The number of benzene rings is 1. The standard InChI is InChI=1S/C49H81N3O6S2/c1-35(2)13-9-14-38(7)15-10-16-39(8)17-11-18-40-19-12-20-41-23-24-44(31-42(41)22-21-40)54-27-29-59-60-30-28-55-48-45(32-52-26-25-46(50)51-49(52)53)57-34-43(33-56-36(3)4)47(48)58-37(5)6/h23-26,31-32,35-40,43,45,47-48H,9-22,27-30,33-34H2,1-8H3,(H-,50,51,53)/p+1/b52-32+/t38?,39?,40?,43-,45?,47+,48-/m0/s1. The average Bonchev–Trinajstić information content (AvgIpc) is 3.18. The summed E-state index contributed by atoms with van der Waals surface area (Å²) < 4.78 is 33.0. The first-order valence-corrected chi connectivity index (χ1v) is 26.1. The molecule has 60 heavy (non-hydrogen) atoms. The Morgan fingerprint density at radius 1 is 0.867 bits per heavy atom. The van der Waals surface area contributed by atoms with E-state index in [1.807, 2.05) is 27.7 Å². The van der Waals surface area contributed by atoms with E-state index in [0.29, 0.717) is 26.4 Å². The molecule has 0 radical (unpaired) electrons. The molecule has 1 saturated heterocycles. The Hall–Kier alpha value is -1.89. The van der Waals surface area contributed by atoms with E-state index in [-0.39, 0.29) is 30.1 Å². The number of hydrogen-bond donors (Lipinski definition) is 1. The minimum Gasteiger partial charge on any atom is -0.493 e. The van der Waals surface area contributed by atoms with Gasteiger partial charge in [0.2, 0.25) is 5.84 Å². The van der Waals surface area contributed by atoms with Crippen molar-refractivity contribution in [2.75, 3.05) is 37.9 Å². The van der Waals surface area contributed by atoms with E-state index in [0.717, 1.165) is 40.9 Å². The zero-order valence-corrected chi connectivity index (χ0v) is 40.3. The number of amidine groups is 1. The molecule has 0 saturated carbocycles. The maximum atomic E-state index is 12.6. The summed E-state index contributed by atoms with van der Waals surface area (Å²) >= 11 is 0. The van der Waals surface area contributed by atoms with Crippen molar-refractivity contribution in [2.45, 2.75) is 176 Å². The number of amides is 2. The third-order valence-corrected chi connectivity index (χ3v) is 14.4. The van der Waals surface area contributed by atoms with Gasteiger partial charge in [0.15, 0.2) is 0 Å². The molecule has 1 aromatic carbocycles. The number of urea groups is 1. The Morgan fingerprint density at radius 3 is 2.28 bits per heavy atom. The number of fused-ring (bicyclic) bond motifs is 1. The van der Waals surface area contributed by atoms with Gasteiger partial charge in [0.25, 0.3) is 0 Å². The fourth-order valence-corrected chi connectivity index (χ4v) is 10.3. The van der Waals surface area contributed by atoms with Gasteiger partial charge in [0, 0.05) is 28.5 Å². The second-order valence-corrected chi connectivity index (χ2v) is 21.4. The van der Waals surface area contributed by atoms with Crippen LogP contribution >= 0.6 is 21.6 Å². The lowest BCUT2D eigenvalue weighted by Gasteiger charge is -2.41. The lowest BCUT2D eigenvalue weighted by molar-refractivity contribution is -0.349. The van der Waals surface area contributed by atoms with Crippen molar-refractivity contribution < 1.29 is 33.1 Å². The summed E-state index contributed by atoms with van der Waals surface area (Å²) in [5.41, 5.74) is 8.74. The van der Waals surface area contributed by atoms with E-state index in [9.17, 15) is 4.79 Å². The second kappa shape index (κ2) is 28.0. The van der Waals surface area contributed by atoms with Crippen LogP contribution in [0.4, 0.5) is 4.79 Å². The first kappa shape index (κ1) is 50.8. The molecule has 1 fully saturated rings. The lowest BCUT2D eigenvalue weighted by Crippen LogP contribution is -2.56. The molecule has 7 atom stereocenters. The summed E-state index contributed by atoms with van der Waals surface area (Å²) in [5.74, 6) is 6.25. The minimum absolute atomic E-state index is 0.0134. The lowest BCUT2D eigenvalue weighted by atomic mass is 9.84. The van der Waals surface area contributed by atoms with Crippen LogP contribution in [0.5, 0.6) is 5.75 Å². The molecule has 0 aromatic heterocycles. The number of nitrogens with two attached hydrogens (primary N) is 1. The molecule has 9 nitrogen and oxygen atoms in total. The topological polar surface area (TPSA) is 105 Å². The van der Waals surface area contributed by atoms with Gasteiger partial charge in [-0.3, -0.25) is 0 Å². The Morgan fingerprint density at radius 2 is 1.58 bits per heavy atom. The number of aliphatic imine (C=N–C) groups is 1. The van der Waals surface area contributed by atoms with Gasteiger partial charge in [-0.15, -0.1) is 0 Å². The second-order valence-electron chi connectivity index (χ2n) is 18.7. The maximum Gasteiger partial charge on any atom is 0.546 e. The Balaban J connectivity index is 1.16. The number of carbonyl (C=O) groups is 1. The number of rotatable bonds is 27. The molecule has 0 bridgehead atoms. The summed E-state index contributed by atoms with van der Waals surface area (Å²) in [7, 11) is 3.57. The first-order valence-electron chi connectivity index (χ1n) is 23.6. The molecule has 1 aromatic rings.